The van der Waals surface area contributed by atoms with Crippen molar-refractivity contribution in [3.8, 4) is 5.75 Å². The summed E-state index contributed by atoms with van der Waals surface area (Å²) in [5.74, 6) is 1.47. The van der Waals surface area contributed by atoms with Crippen LogP contribution in [-0.2, 0) is 0 Å². The zero-order valence-corrected chi connectivity index (χ0v) is 12.8. The molecule has 0 aromatic heterocycles. The minimum atomic E-state index is 0. The van der Waals surface area contributed by atoms with E-state index in [1.54, 1.807) is 0 Å². The molecule has 0 bridgehead atoms. The van der Waals surface area contributed by atoms with Gasteiger partial charge < -0.3 is 10.5 Å². The van der Waals surface area contributed by atoms with Gasteiger partial charge in [-0.25, -0.2) is 0 Å². The van der Waals surface area contributed by atoms with Crippen LogP contribution in [0.5, 0.6) is 5.75 Å². The maximum absolute atomic E-state index is 5.92. The molecule has 5 heteroatoms. The van der Waals surface area contributed by atoms with Gasteiger partial charge in [0.05, 0.1) is 0 Å². The van der Waals surface area contributed by atoms with Gasteiger partial charge >= 0.3 is 0 Å². The first-order chi connectivity index (χ1) is 8.65. The third-order valence-electron chi connectivity index (χ3n) is 3.52. The van der Waals surface area contributed by atoms with E-state index in [0.29, 0.717) is 23.6 Å². The second-order valence-electron chi connectivity index (χ2n) is 5.01. The Bertz CT molecular complexity index is 387. The summed E-state index contributed by atoms with van der Waals surface area (Å²) in [6, 6.07) is 7.82. The quantitative estimate of drug-likeness (QED) is 0.909. The number of hydrogen-bond acceptors (Lipinski definition) is 3. The van der Waals surface area contributed by atoms with Crippen LogP contribution in [-0.4, -0.2) is 37.2 Å². The maximum Gasteiger partial charge on any atom is 0.120 e. The van der Waals surface area contributed by atoms with Crippen molar-refractivity contribution in [1.29, 1.82) is 0 Å². The first kappa shape index (κ1) is 16.6. The second kappa shape index (κ2) is 7.95. The Morgan fingerprint density at radius 3 is 2.95 bits per heavy atom. The van der Waals surface area contributed by atoms with Crippen LogP contribution in [0.2, 0.25) is 5.02 Å². The van der Waals surface area contributed by atoms with Crippen molar-refractivity contribution < 1.29 is 4.74 Å². The number of benzene rings is 1. The topological polar surface area (TPSA) is 38.5 Å². The summed E-state index contributed by atoms with van der Waals surface area (Å²) in [5, 5.41) is 0.714. The monoisotopic (exact) mass is 304 g/mol. The van der Waals surface area contributed by atoms with Gasteiger partial charge in [-0.2, -0.15) is 0 Å². The lowest BCUT2D eigenvalue weighted by Gasteiger charge is -2.18. The van der Waals surface area contributed by atoms with E-state index in [4.69, 9.17) is 22.1 Å². The van der Waals surface area contributed by atoms with Crippen LogP contribution < -0.4 is 10.5 Å². The molecule has 2 rings (SSSR count). The average Bonchev–Trinajstić information content (AvgIpc) is 2.78. The van der Waals surface area contributed by atoms with Crippen LogP contribution in [0, 0.1) is 5.92 Å². The average molecular weight is 305 g/mol. The molecule has 1 saturated heterocycles. The summed E-state index contributed by atoms with van der Waals surface area (Å²) in [6.45, 7) is 5.97. The van der Waals surface area contributed by atoms with Gasteiger partial charge in [-0.1, -0.05) is 17.7 Å². The molecule has 0 radical (unpaired) electrons. The van der Waals surface area contributed by atoms with Gasteiger partial charge in [0.2, 0.25) is 0 Å². The van der Waals surface area contributed by atoms with Gasteiger partial charge in [0.1, 0.15) is 12.4 Å². The molecule has 0 aliphatic carbocycles. The highest BCUT2D eigenvalue weighted by Gasteiger charge is 2.24. The van der Waals surface area contributed by atoms with Crippen molar-refractivity contribution in [2.45, 2.75) is 19.4 Å². The predicted octanol–water partition coefficient (Wildman–Crippen LogP) is 2.81. The molecule has 19 heavy (non-hydrogen) atoms. The molecule has 1 aliphatic rings. The van der Waals surface area contributed by atoms with Gasteiger partial charge in [0.15, 0.2) is 0 Å². The molecule has 0 spiro atoms. The van der Waals surface area contributed by atoms with Crippen molar-refractivity contribution in [1.82, 2.24) is 4.90 Å². The van der Waals surface area contributed by atoms with Crippen molar-refractivity contribution in [3.05, 3.63) is 29.3 Å². The number of likely N-dealkylation sites (tertiary alicyclic amines) is 1. The van der Waals surface area contributed by atoms with E-state index in [1.807, 2.05) is 24.3 Å². The maximum atomic E-state index is 5.92. The van der Waals surface area contributed by atoms with Crippen LogP contribution >= 0.6 is 24.0 Å². The standard InChI is InChI=1S/C14H21ClN2O.ClH/c1-11(16)12-5-6-17(10-12)7-8-18-14-4-2-3-13(15)9-14;/h2-4,9,11-12H,5-8,10,16H2,1H3;1H. The Labute approximate surface area is 126 Å². The molecular weight excluding hydrogens is 283 g/mol. The van der Waals surface area contributed by atoms with E-state index in [0.717, 1.165) is 25.4 Å². The number of nitrogens with two attached hydrogens (primary N) is 1. The summed E-state index contributed by atoms with van der Waals surface area (Å²) in [7, 11) is 0. The lowest BCUT2D eigenvalue weighted by molar-refractivity contribution is 0.230. The lowest BCUT2D eigenvalue weighted by atomic mass is 10.0. The molecule has 2 atom stereocenters. The van der Waals surface area contributed by atoms with Gasteiger partial charge in [0.25, 0.3) is 0 Å². The van der Waals surface area contributed by atoms with E-state index < -0.39 is 0 Å². The summed E-state index contributed by atoms with van der Waals surface area (Å²) < 4.78 is 5.69. The SMILES string of the molecule is CC(N)C1CCN(CCOc2cccc(Cl)c2)C1.Cl. The number of ether oxygens (including phenoxy) is 1. The lowest BCUT2D eigenvalue weighted by Crippen LogP contribution is -2.31. The molecule has 1 heterocycles. The fraction of sp³-hybridized carbons (Fsp3) is 0.571. The third kappa shape index (κ3) is 5.19. The van der Waals surface area contributed by atoms with Crippen LogP contribution in [0.25, 0.3) is 0 Å². The molecule has 1 fully saturated rings. The van der Waals surface area contributed by atoms with Gasteiger partial charge in [-0.15, -0.1) is 12.4 Å². The first-order valence-corrected chi connectivity index (χ1v) is 6.89. The highest BCUT2D eigenvalue weighted by Crippen LogP contribution is 2.19. The third-order valence-corrected chi connectivity index (χ3v) is 3.76. The Hall–Kier alpha value is -0.480. The molecular formula is C14H22Cl2N2O. The fourth-order valence-electron chi connectivity index (χ4n) is 2.34. The summed E-state index contributed by atoms with van der Waals surface area (Å²) >= 11 is 5.90. The Morgan fingerprint density at radius 2 is 2.32 bits per heavy atom. The molecule has 2 N–H and O–H groups in total. The number of hydrogen-bond donors (Lipinski definition) is 1. The summed E-state index contributed by atoms with van der Waals surface area (Å²) in [4.78, 5) is 2.42. The molecule has 0 amide bonds. The molecule has 1 aromatic rings. The summed E-state index contributed by atoms with van der Waals surface area (Å²) in [6.07, 6.45) is 1.20. The van der Waals surface area contributed by atoms with Crippen molar-refractivity contribution in [3.63, 3.8) is 0 Å². The Balaban J connectivity index is 0.00000180. The van der Waals surface area contributed by atoms with Gasteiger partial charge in [0, 0.05) is 24.2 Å². The minimum Gasteiger partial charge on any atom is -0.492 e. The van der Waals surface area contributed by atoms with Crippen LogP contribution in [0.4, 0.5) is 0 Å². The predicted molar refractivity (Wildman–Crippen MR) is 82.4 cm³/mol. The molecule has 1 aromatic carbocycles. The number of halogens is 2. The molecule has 108 valence electrons. The highest BCUT2D eigenvalue weighted by atomic mass is 35.5. The second-order valence-corrected chi connectivity index (χ2v) is 5.45. The van der Waals surface area contributed by atoms with Crippen LogP contribution in [0.3, 0.4) is 0 Å². The fourth-order valence-corrected chi connectivity index (χ4v) is 2.52. The zero-order valence-electron chi connectivity index (χ0n) is 11.2. The number of nitrogens with zero attached hydrogens (tertiary/aromatic N) is 1. The van der Waals surface area contributed by atoms with Crippen LogP contribution in [0.1, 0.15) is 13.3 Å². The molecule has 0 saturated carbocycles. The van der Waals surface area contributed by atoms with E-state index in [2.05, 4.69) is 11.8 Å². The van der Waals surface area contributed by atoms with Gasteiger partial charge in [-0.05, 0) is 44.0 Å². The van der Waals surface area contributed by atoms with E-state index in [9.17, 15) is 0 Å². The van der Waals surface area contributed by atoms with E-state index in [1.165, 1.54) is 6.42 Å². The van der Waals surface area contributed by atoms with E-state index >= 15 is 0 Å². The molecule has 2 unspecified atom stereocenters. The molecule has 3 nitrogen and oxygen atoms in total. The van der Waals surface area contributed by atoms with E-state index in [-0.39, 0.29) is 12.4 Å². The molecule has 1 aliphatic heterocycles. The van der Waals surface area contributed by atoms with Crippen LogP contribution in [0.15, 0.2) is 24.3 Å². The van der Waals surface area contributed by atoms with Gasteiger partial charge in [-0.3, -0.25) is 4.90 Å². The summed E-state index contributed by atoms with van der Waals surface area (Å²) in [5.41, 5.74) is 5.92. The zero-order chi connectivity index (χ0) is 13.0. The Morgan fingerprint density at radius 1 is 1.53 bits per heavy atom. The largest absolute Gasteiger partial charge is 0.492 e. The first-order valence-electron chi connectivity index (χ1n) is 6.51. The normalized spacial score (nSPS) is 20.9. The smallest absolute Gasteiger partial charge is 0.120 e. The Kier molecular flexibility index (Phi) is 6.94. The number of rotatable bonds is 5. The highest BCUT2D eigenvalue weighted by molar-refractivity contribution is 6.30. The van der Waals surface area contributed by atoms with Crippen molar-refractivity contribution in [2.75, 3.05) is 26.2 Å². The van der Waals surface area contributed by atoms with Crippen molar-refractivity contribution >= 4 is 24.0 Å². The van der Waals surface area contributed by atoms with Crippen molar-refractivity contribution in [2.24, 2.45) is 11.7 Å². The minimum absolute atomic E-state index is 0.